The predicted octanol–water partition coefficient (Wildman–Crippen LogP) is 3.13. The smallest absolute Gasteiger partial charge is 0.0223 e. The molecule has 0 spiro atoms. The average molecular weight is 240 g/mol. The van der Waals surface area contributed by atoms with Crippen molar-refractivity contribution >= 4 is 0 Å². The number of nitrogens with one attached hydrogen (secondary N) is 1. The first-order valence-electron chi connectivity index (χ1n) is 7.46. The summed E-state index contributed by atoms with van der Waals surface area (Å²) in [6.07, 6.45) is 4.06. The van der Waals surface area contributed by atoms with E-state index >= 15 is 0 Å². The lowest BCUT2D eigenvalue weighted by Crippen LogP contribution is -2.55. The minimum absolute atomic E-state index is 0.664. The summed E-state index contributed by atoms with van der Waals surface area (Å²) in [6, 6.07) is 1.43. The first-order valence-corrected chi connectivity index (χ1v) is 7.46. The van der Waals surface area contributed by atoms with Crippen LogP contribution in [-0.4, -0.2) is 36.6 Å². The Labute approximate surface area is 108 Å². The topological polar surface area (TPSA) is 15.3 Å². The zero-order valence-electron chi connectivity index (χ0n) is 12.5. The average Bonchev–Trinajstić information content (AvgIpc) is 2.21. The zero-order valence-corrected chi connectivity index (χ0v) is 12.5. The summed E-state index contributed by atoms with van der Waals surface area (Å²) in [6.45, 7) is 15.3. The fraction of sp³-hybridized carbons (Fsp3) is 1.00. The van der Waals surface area contributed by atoms with E-state index in [-0.39, 0.29) is 0 Å². The van der Waals surface area contributed by atoms with Crippen molar-refractivity contribution in [3.05, 3.63) is 0 Å². The molecule has 1 aliphatic heterocycles. The molecule has 102 valence electrons. The normalized spacial score (nSPS) is 27.0. The van der Waals surface area contributed by atoms with E-state index in [1.165, 1.54) is 38.9 Å². The van der Waals surface area contributed by atoms with Gasteiger partial charge >= 0.3 is 0 Å². The van der Waals surface area contributed by atoms with Crippen LogP contribution in [-0.2, 0) is 0 Å². The van der Waals surface area contributed by atoms with Gasteiger partial charge in [-0.05, 0) is 44.6 Å². The van der Waals surface area contributed by atoms with Crippen molar-refractivity contribution in [3.63, 3.8) is 0 Å². The Morgan fingerprint density at radius 3 is 2.47 bits per heavy atom. The summed E-state index contributed by atoms with van der Waals surface area (Å²) in [5.41, 5.74) is 0. The van der Waals surface area contributed by atoms with E-state index in [1.807, 2.05) is 0 Å². The van der Waals surface area contributed by atoms with Crippen LogP contribution in [0.1, 0.15) is 53.9 Å². The van der Waals surface area contributed by atoms with Gasteiger partial charge in [0.2, 0.25) is 0 Å². The molecule has 0 radical (unpaired) electrons. The van der Waals surface area contributed by atoms with Crippen LogP contribution in [0.3, 0.4) is 0 Å². The Hall–Kier alpha value is -0.0800. The first kappa shape index (κ1) is 15.0. The van der Waals surface area contributed by atoms with Crippen LogP contribution >= 0.6 is 0 Å². The van der Waals surface area contributed by atoms with Crippen LogP contribution in [0, 0.1) is 11.8 Å². The number of rotatable bonds is 6. The Kier molecular flexibility index (Phi) is 6.50. The van der Waals surface area contributed by atoms with Crippen molar-refractivity contribution in [2.75, 3.05) is 19.6 Å². The molecule has 1 N–H and O–H groups in total. The molecule has 0 amide bonds. The lowest BCUT2D eigenvalue weighted by molar-refractivity contribution is 0.115. The third kappa shape index (κ3) is 5.87. The van der Waals surface area contributed by atoms with E-state index in [9.17, 15) is 0 Å². The molecule has 0 bridgehead atoms. The molecular formula is C15H32N2. The number of nitrogens with zero attached hydrogens (tertiary/aromatic N) is 1. The number of hydrogen-bond donors (Lipinski definition) is 1. The minimum atomic E-state index is 0.664. The Morgan fingerprint density at radius 1 is 1.18 bits per heavy atom. The van der Waals surface area contributed by atoms with Gasteiger partial charge in [-0.2, -0.15) is 0 Å². The number of hydrogen-bond acceptors (Lipinski definition) is 2. The highest BCUT2D eigenvalue weighted by Gasteiger charge is 2.25. The predicted molar refractivity (Wildman–Crippen MR) is 76.4 cm³/mol. The van der Waals surface area contributed by atoms with Gasteiger partial charge in [-0.25, -0.2) is 0 Å². The first-order chi connectivity index (χ1) is 7.99. The number of piperazine rings is 1. The standard InChI is InChI=1S/C15H32N2/c1-12(2)7-6-8-17-11-14(5)16-10-15(17)9-13(3)4/h12-16H,6-11H2,1-5H3. The molecule has 0 aromatic carbocycles. The molecule has 2 atom stereocenters. The molecule has 2 heteroatoms. The monoisotopic (exact) mass is 240 g/mol. The molecule has 0 aromatic heterocycles. The Morgan fingerprint density at radius 2 is 1.88 bits per heavy atom. The highest BCUT2D eigenvalue weighted by atomic mass is 15.2. The summed E-state index contributed by atoms with van der Waals surface area (Å²) in [7, 11) is 0. The molecule has 17 heavy (non-hydrogen) atoms. The van der Waals surface area contributed by atoms with Crippen LogP contribution < -0.4 is 5.32 Å². The van der Waals surface area contributed by atoms with Crippen LogP contribution in [0.4, 0.5) is 0 Å². The van der Waals surface area contributed by atoms with Crippen molar-refractivity contribution in [1.29, 1.82) is 0 Å². The third-order valence-corrected chi connectivity index (χ3v) is 3.70. The molecule has 1 aliphatic rings. The second-order valence-corrected chi connectivity index (χ2v) is 6.62. The van der Waals surface area contributed by atoms with Crippen molar-refractivity contribution in [1.82, 2.24) is 10.2 Å². The summed E-state index contributed by atoms with van der Waals surface area (Å²) < 4.78 is 0. The third-order valence-electron chi connectivity index (χ3n) is 3.70. The van der Waals surface area contributed by atoms with Gasteiger partial charge in [0.25, 0.3) is 0 Å². The summed E-state index contributed by atoms with van der Waals surface area (Å²) >= 11 is 0. The van der Waals surface area contributed by atoms with Gasteiger partial charge in [-0.1, -0.05) is 27.7 Å². The van der Waals surface area contributed by atoms with Gasteiger partial charge < -0.3 is 5.32 Å². The van der Waals surface area contributed by atoms with Crippen molar-refractivity contribution in [3.8, 4) is 0 Å². The molecule has 1 heterocycles. The fourth-order valence-electron chi connectivity index (χ4n) is 2.78. The quantitative estimate of drug-likeness (QED) is 0.767. The SMILES string of the molecule is CC(C)CCCN1CC(C)NCC1CC(C)C. The van der Waals surface area contributed by atoms with Crippen molar-refractivity contribution in [2.45, 2.75) is 66.0 Å². The molecule has 0 aliphatic carbocycles. The lowest BCUT2D eigenvalue weighted by atomic mass is 9.98. The van der Waals surface area contributed by atoms with Crippen LogP contribution in [0.5, 0.6) is 0 Å². The van der Waals surface area contributed by atoms with Gasteiger partial charge in [-0.15, -0.1) is 0 Å². The molecule has 0 aromatic rings. The highest BCUT2D eigenvalue weighted by molar-refractivity contribution is 4.84. The maximum atomic E-state index is 3.62. The molecular weight excluding hydrogens is 208 g/mol. The summed E-state index contributed by atoms with van der Waals surface area (Å²) in [5.74, 6) is 1.65. The minimum Gasteiger partial charge on any atom is -0.311 e. The van der Waals surface area contributed by atoms with Gasteiger partial charge in [-0.3, -0.25) is 4.90 Å². The van der Waals surface area contributed by atoms with E-state index in [1.54, 1.807) is 0 Å². The van der Waals surface area contributed by atoms with E-state index in [0.717, 1.165) is 17.9 Å². The van der Waals surface area contributed by atoms with Crippen LogP contribution in [0.2, 0.25) is 0 Å². The van der Waals surface area contributed by atoms with Gasteiger partial charge in [0.05, 0.1) is 0 Å². The molecule has 2 nitrogen and oxygen atoms in total. The Bertz CT molecular complexity index is 201. The van der Waals surface area contributed by atoms with E-state index in [2.05, 4.69) is 44.8 Å². The Balaban J connectivity index is 2.38. The van der Waals surface area contributed by atoms with Gasteiger partial charge in [0.1, 0.15) is 0 Å². The molecule has 0 saturated carbocycles. The van der Waals surface area contributed by atoms with Crippen LogP contribution in [0.15, 0.2) is 0 Å². The second kappa shape index (κ2) is 7.38. The van der Waals surface area contributed by atoms with E-state index in [4.69, 9.17) is 0 Å². The zero-order chi connectivity index (χ0) is 12.8. The van der Waals surface area contributed by atoms with Crippen LogP contribution in [0.25, 0.3) is 0 Å². The summed E-state index contributed by atoms with van der Waals surface area (Å²) in [5, 5.41) is 3.62. The van der Waals surface area contributed by atoms with Gasteiger partial charge in [0, 0.05) is 25.2 Å². The molecule has 1 fully saturated rings. The highest BCUT2D eigenvalue weighted by Crippen LogP contribution is 2.17. The van der Waals surface area contributed by atoms with E-state index in [0.29, 0.717) is 6.04 Å². The molecule has 1 rings (SSSR count). The van der Waals surface area contributed by atoms with Crippen molar-refractivity contribution in [2.24, 2.45) is 11.8 Å². The largest absolute Gasteiger partial charge is 0.311 e. The van der Waals surface area contributed by atoms with E-state index < -0.39 is 0 Å². The molecule has 2 unspecified atom stereocenters. The van der Waals surface area contributed by atoms with Gasteiger partial charge in [0.15, 0.2) is 0 Å². The maximum absolute atomic E-state index is 3.62. The second-order valence-electron chi connectivity index (χ2n) is 6.62. The molecule has 1 saturated heterocycles. The lowest BCUT2D eigenvalue weighted by Gasteiger charge is -2.40. The fourth-order valence-corrected chi connectivity index (χ4v) is 2.78. The summed E-state index contributed by atoms with van der Waals surface area (Å²) in [4.78, 5) is 2.73. The maximum Gasteiger partial charge on any atom is 0.0223 e. The van der Waals surface area contributed by atoms with Crippen molar-refractivity contribution < 1.29 is 0 Å².